The van der Waals surface area contributed by atoms with Crippen molar-refractivity contribution in [3.63, 3.8) is 0 Å². The van der Waals surface area contributed by atoms with Gasteiger partial charge in [0.2, 0.25) is 0 Å². The first-order valence-electron chi connectivity index (χ1n) is 7.80. The number of carbonyl (C=O) groups excluding carboxylic acids is 1. The molecule has 6 heteroatoms. The minimum absolute atomic E-state index is 0.0941. The lowest BCUT2D eigenvalue weighted by atomic mass is 10.2. The molecule has 0 heterocycles. The number of hydrogen-bond donors (Lipinski definition) is 1. The predicted octanol–water partition coefficient (Wildman–Crippen LogP) is 3.51. The highest BCUT2D eigenvalue weighted by molar-refractivity contribution is 7.92. The van der Waals surface area contributed by atoms with E-state index in [1.54, 1.807) is 18.2 Å². The summed E-state index contributed by atoms with van der Waals surface area (Å²) in [5, 5.41) is 1.47. The standard InChI is InChI=1S/C18H21NO4S/c1-2-9-17(24(21,22)16-12-7-4-8-13-16)19-18(20)23-14-15-10-5-3-6-11-15/h3-8,10-13,17H,2,9,14H2,1H3,(H,19,20)/t17-/m1/s1. The van der Waals surface area contributed by atoms with Crippen LogP contribution in [0.2, 0.25) is 0 Å². The van der Waals surface area contributed by atoms with Gasteiger partial charge in [0.05, 0.1) is 4.90 Å². The summed E-state index contributed by atoms with van der Waals surface area (Å²) in [6, 6.07) is 17.3. The Hall–Kier alpha value is -2.34. The quantitative estimate of drug-likeness (QED) is 0.832. The molecule has 0 saturated heterocycles. The fourth-order valence-corrected chi connectivity index (χ4v) is 3.90. The average molecular weight is 347 g/mol. The SMILES string of the molecule is CCC[C@H](NC(=O)OCc1ccccc1)S(=O)(=O)c1ccccc1. The second-order valence-corrected chi connectivity index (χ2v) is 7.47. The molecular weight excluding hydrogens is 326 g/mol. The normalized spacial score (nSPS) is 12.4. The van der Waals surface area contributed by atoms with E-state index in [0.717, 1.165) is 5.56 Å². The minimum atomic E-state index is -3.65. The van der Waals surface area contributed by atoms with Gasteiger partial charge in [-0.2, -0.15) is 0 Å². The molecule has 0 spiro atoms. The summed E-state index contributed by atoms with van der Waals surface area (Å²) in [5.41, 5.74) is 0.839. The molecule has 1 N–H and O–H groups in total. The fourth-order valence-electron chi connectivity index (χ4n) is 2.24. The third kappa shape index (κ3) is 4.83. The summed E-state index contributed by atoms with van der Waals surface area (Å²) in [4.78, 5) is 12.2. The van der Waals surface area contributed by atoms with E-state index in [4.69, 9.17) is 4.74 Å². The van der Waals surface area contributed by atoms with Crippen molar-refractivity contribution in [3.05, 3.63) is 66.2 Å². The van der Waals surface area contributed by atoms with Crippen LogP contribution >= 0.6 is 0 Å². The highest BCUT2D eigenvalue weighted by atomic mass is 32.2. The van der Waals surface area contributed by atoms with Crippen LogP contribution in [0.4, 0.5) is 4.79 Å². The number of hydrogen-bond acceptors (Lipinski definition) is 4. The van der Waals surface area contributed by atoms with E-state index in [1.807, 2.05) is 37.3 Å². The van der Waals surface area contributed by atoms with Crippen molar-refractivity contribution in [2.24, 2.45) is 0 Å². The monoisotopic (exact) mass is 347 g/mol. The second kappa shape index (κ2) is 8.49. The zero-order valence-corrected chi connectivity index (χ0v) is 14.3. The molecule has 2 aromatic rings. The zero-order valence-electron chi connectivity index (χ0n) is 13.5. The van der Waals surface area contributed by atoms with Gasteiger partial charge in [0.15, 0.2) is 9.84 Å². The summed E-state index contributed by atoms with van der Waals surface area (Å²) in [6.45, 7) is 1.96. The largest absolute Gasteiger partial charge is 0.445 e. The minimum Gasteiger partial charge on any atom is -0.445 e. The molecule has 1 atom stereocenters. The molecule has 0 saturated carbocycles. The van der Waals surface area contributed by atoms with Crippen molar-refractivity contribution >= 4 is 15.9 Å². The van der Waals surface area contributed by atoms with E-state index in [0.29, 0.717) is 12.8 Å². The highest BCUT2D eigenvalue weighted by Gasteiger charge is 2.28. The van der Waals surface area contributed by atoms with E-state index in [2.05, 4.69) is 5.32 Å². The Bertz CT molecular complexity index is 745. The summed E-state index contributed by atoms with van der Waals surface area (Å²) in [5.74, 6) is 0. The Morgan fingerprint density at radius 2 is 1.62 bits per heavy atom. The number of benzene rings is 2. The zero-order chi connectivity index (χ0) is 17.4. The van der Waals surface area contributed by atoms with E-state index in [-0.39, 0.29) is 11.5 Å². The van der Waals surface area contributed by atoms with Crippen LogP contribution < -0.4 is 5.32 Å². The van der Waals surface area contributed by atoms with Crippen molar-refractivity contribution in [3.8, 4) is 0 Å². The van der Waals surface area contributed by atoms with Gasteiger partial charge in [-0.05, 0) is 24.1 Å². The molecule has 0 aromatic heterocycles. The average Bonchev–Trinajstić information content (AvgIpc) is 2.61. The third-order valence-electron chi connectivity index (χ3n) is 3.49. The van der Waals surface area contributed by atoms with Gasteiger partial charge in [-0.15, -0.1) is 0 Å². The van der Waals surface area contributed by atoms with Crippen molar-refractivity contribution < 1.29 is 17.9 Å². The third-order valence-corrected chi connectivity index (χ3v) is 5.52. The molecule has 0 aliphatic carbocycles. The summed E-state index contributed by atoms with van der Waals surface area (Å²) in [7, 11) is -3.65. The summed E-state index contributed by atoms with van der Waals surface area (Å²) < 4.78 is 30.4. The molecule has 128 valence electrons. The van der Waals surface area contributed by atoms with Gasteiger partial charge in [-0.1, -0.05) is 61.9 Å². The number of rotatable bonds is 7. The van der Waals surface area contributed by atoms with Crippen molar-refractivity contribution in [2.75, 3.05) is 0 Å². The highest BCUT2D eigenvalue weighted by Crippen LogP contribution is 2.17. The van der Waals surface area contributed by atoms with Crippen LogP contribution in [-0.2, 0) is 21.2 Å². The number of amides is 1. The Morgan fingerprint density at radius 3 is 2.21 bits per heavy atom. The molecule has 2 rings (SSSR count). The van der Waals surface area contributed by atoms with Crippen LogP contribution in [0.1, 0.15) is 25.3 Å². The number of alkyl carbamates (subject to hydrolysis) is 1. The lowest BCUT2D eigenvalue weighted by Gasteiger charge is -2.18. The van der Waals surface area contributed by atoms with Crippen LogP contribution in [-0.4, -0.2) is 19.9 Å². The maximum Gasteiger partial charge on any atom is 0.408 e. The van der Waals surface area contributed by atoms with E-state index >= 15 is 0 Å². The van der Waals surface area contributed by atoms with Crippen molar-refractivity contribution in [1.82, 2.24) is 5.32 Å². The Kier molecular flexibility index (Phi) is 6.37. The maximum atomic E-state index is 12.7. The van der Waals surface area contributed by atoms with Crippen molar-refractivity contribution in [1.29, 1.82) is 0 Å². The molecule has 0 aliphatic heterocycles. The van der Waals surface area contributed by atoms with Gasteiger partial charge in [0.1, 0.15) is 12.0 Å². The van der Waals surface area contributed by atoms with Crippen LogP contribution in [0.15, 0.2) is 65.6 Å². The molecule has 0 bridgehead atoms. The van der Waals surface area contributed by atoms with E-state index < -0.39 is 21.3 Å². The molecule has 0 radical (unpaired) electrons. The van der Waals surface area contributed by atoms with Gasteiger partial charge in [-0.3, -0.25) is 0 Å². The lowest BCUT2D eigenvalue weighted by molar-refractivity contribution is 0.138. The summed E-state index contributed by atoms with van der Waals surface area (Å²) in [6.07, 6.45) is 0.199. The first kappa shape index (κ1) is 18.0. The van der Waals surface area contributed by atoms with Gasteiger partial charge < -0.3 is 10.1 Å². The van der Waals surface area contributed by atoms with Gasteiger partial charge >= 0.3 is 6.09 Å². The lowest BCUT2D eigenvalue weighted by Crippen LogP contribution is -2.41. The first-order chi connectivity index (χ1) is 11.5. The maximum absolute atomic E-state index is 12.7. The Labute approximate surface area is 142 Å². The molecule has 0 unspecified atom stereocenters. The van der Waals surface area contributed by atoms with Gasteiger partial charge in [0, 0.05) is 0 Å². The molecular formula is C18H21NO4S. The van der Waals surface area contributed by atoms with E-state index in [1.165, 1.54) is 12.1 Å². The van der Waals surface area contributed by atoms with Crippen LogP contribution in [0.3, 0.4) is 0 Å². The molecule has 1 amide bonds. The number of nitrogens with one attached hydrogen (secondary N) is 1. The number of ether oxygens (including phenoxy) is 1. The summed E-state index contributed by atoms with van der Waals surface area (Å²) >= 11 is 0. The number of carbonyl (C=O) groups is 1. The van der Waals surface area contributed by atoms with Crippen LogP contribution in [0.25, 0.3) is 0 Å². The van der Waals surface area contributed by atoms with Gasteiger partial charge in [0.25, 0.3) is 0 Å². The van der Waals surface area contributed by atoms with Crippen LogP contribution in [0, 0.1) is 0 Å². The molecule has 0 fully saturated rings. The van der Waals surface area contributed by atoms with Crippen LogP contribution in [0.5, 0.6) is 0 Å². The fraction of sp³-hybridized carbons (Fsp3) is 0.278. The first-order valence-corrected chi connectivity index (χ1v) is 9.35. The molecule has 0 aliphatic rings. The Balaban J connectivity index is 2.04. The Morgan fingerprint density at radius 1 is 1.04 bits per heavy atom. The predicted molar refractivity (Wildman–Crippen MR) is 92.1 cm³/mol. The molecule has 5 nitrogen and oxygen atoms in total. The number of sulfone groups is 1. The van der Waals surface area contributed by atoms with Gasteiger partial charge in [-0.25, -0.2) is 13.2 Å². The second-order valence-electron chi connectivity index (χ2n) is 5.34. The van der Waals surface area contributed by atoms with E-state index in [9.17, 15) is 13.2 Å². The van der Waals surface area contributed by atoms with Crippen molar-refractivity contribution in [2.45, 2.75) is 36.6 Å². The molecule has 2 aromatic carbocycles. The molecule has 24 heavy (non-hydrogen) atoms. The topological polar surface area (TPSA) is 72.5 Å². The smallest absolute Gasteiger partial charge is 0.408 e.